The Bertz CT molecular complexity index is 671. The summed E-state index contributed by atoms with van der Waals surface area (Å²) >= 11 is 9.08. The molecule has 0 aliphatic rings. The molecule has 1 amide bonds. The monoisotopic (exact) mass is 381 g/mol. The van der Waals surface area contributed by atoms with Crippen LogP contribution in [0.4, 0.5) is 0 Å². The molecule has 2 aromatic rings. The number of hydrogen-bond donors (Lipinski definition) is 2. The number of carboxylic acid groups (broad SMARTS) is 1. The molecule has 2 N–H and O–H groups in total. The zero-order valence-corrected chi connectivity index (χ0v) is 13.8. The van der Waals surface area contributed by atoms with Crippen molar-refractivity contribution in [1.82, 2.24) is 5.32 Å². The number of carboxylic acids is 1. The molecule has 0 aliphatic heterocycles. The van der Waals surface area contributed by atoms with E-state index in [4.69, 9.17) is 11.6 Å². The topological polar surface area (TPSA) is 66.4 Å². The van der Waals surface area contributed by atoms with Crippen molar-refractivity contribution >= 4 is 39.4 Å². The molecule has 1 atom stereocenters. The molecular formula is C16H13BrClNO3. The van der Waals surface area contributed by atoms with Crippen LogP contribution < -0.4 is 5.32 Å². The van der Waals surface area contributed by atoms with Crippen LogP contribution in [0.2, 0.25) is 5.02 Å². The summed E-state index contributed by atoms with van der Waals surface area (Å²) in [5.74, 6) is -1.52. The highest BCUT2D eigenvalue weighted by atomic mass is 79.9. The Hall–Kier alpha value is -1.85. The van der Waals surface area contributed by atoms with Gasteiger partial charge in [0.1, 0.15) is 6.04 Å². The van der Waals surface area contributed by atoms with Crippen molar-refractivity contribution in [3.8, 4) is 0 Å². The maximum Gasteiger partial charge on any atom is 0.326 e. The summed E-state index contributed by atoms with van der Waals surface area (Å²) in [7, 11) is 0. The lowest BCUT2D eigenvalue weighted by Gasteiger charge is -2.15. The molecule has 114 valence electrons. The highest BCUT2D eigenvalue weighted by molar-refractivity contribution is 9.10. The molecule has 4 nitrogen and oxygen atoms in total. The highest BCUT2D eigenvalue weighted by Crippen LogP contribution is 2.13. The maximum absolute atomic E-state index is 12.1. The second-order valence-electron chi connectivity index (χ2n) is 4.70. The van der Waals surface area contributed by atoms with Gasteiger partial charge in [-0.1, -0.05) is 39.7 Å². The maximum atomic E-state index is 12.1. The van der Waals surface area contributed by atoms with Crippen molar-refractivity contribution in [2.75, 3.05) is 0 Å². The van der Waals surface area contributed by atoms with Gasteiger partial charge in [0.05, 0.1) is 0 Å². The van der Waals surface area contributed by atoms with Gasteiger partial charge in [0.2, 0.25) is 0 Å². The Kier molecular flexibility index (Phi) is 5.57. The lowest BCUT2D eigenvalue weighted by molar-refractivity contribution is -0.139. The zero-order chi connectivity index (χ0) is 16.1. The van der Waals surface area contributed by atoms with Crippen molar-refractivity contribution < 1.29 is 14.7 Å². The number of hydrogen-bond acceptors (Lipinski definition) is 2. The van der Waals surface area contributed by atoms with Crippen LogP contribution in [0.5, 0.6) is 0 Å². The van der Waals surface area contributed by atoms with Gasteiger partial charge in [0.25, 0.3) is 5.91 Å². The Morgan fingerprint density at radius 3 is 2.23 bits per heavy atom. The Morgan fingerprint density at radius 2 is 1.68 bits per heavy atom. The number of benzene rings is 2. The van der Waals surface area contributed by atoms with Crippen molar-refractivity contribution in [2.24, 2.45) is 0 Å². The molecule has 0 aromatic heterocycles. The quantitative estimate of drug-likeness (QED) is 0.831. The van der Waals surface area contributed by atoms with Crippen LogP contribution in [-0.4, -0.2) is 23.0 Å². The lowest BCUT2D eigenvalue weighted by atomic mass is 10.1. The molecule has 1 unspecified atom stereocenters. The SMILES string of the molecule is O=C(NC(Cc1ccc(Br)cc1)C(=O)O)c1ccc(Cl)cc1. The summed E-state index contributed by atoms with van der Waals surface area (Å²) in [4.78, 5) is 23.4. The van der Waals surface area contributed by atoms with Crippen LogP contribution in [0.3, 0.4) is 0 Å². The van der Waals surface area contributed by atoms with Gasteiger partial charge in [0.15, 0.2) is 0 Å². The minimum atomic E-state index is -1.08. The fourth-order valence-corrected chi connectivity index (χ4v) is 2.29. The van der Waals surface area contributed by atoms with E-state index in [-0.39, 0.29) is 6.42 Å². The van der Waals surface area contributed by atoms with Gasteiger partial charge in [-0.2, -0.15) is 0 Å². The Labute approximate surface area is 141 Å². The summed E-state index contributed by atoms with van der Waals surface area (Å²) < 4.78 is 0.910. The molecule has 2 aromatic carbocycles. The number of halogens is 2. The minimum absolute atomic E-state index is 0.210. The molecule has 0 bridgehead atoms. The van der Waals surface area contributed by atoms with E-state index in [1.807, 2.05) is 24.3 Å². The first-order valence-electron chi connectivity index (χ1n) is 6.49. The van der Waals surface area contributed by atoms with Crippen molar-refractivity contribution in [3.63, 3.8) is 0 Å². The first kappa shape index (κ1) is 16.5. The third kappa shape index (κ3) is 4.58. The highest BCUT2D eigenvalue weighted by Gasteiger charge is 2.21. The average molecular weight is 383 g/mol. The van der Waals surface area contributed by atoms with Gasteiger partial charge in [0, 0.05) is 21.5 Å². The van der Waals surface area contributed by atoms with E-state index in [1.165, 1.54) is 0 Å². The van der Waals surface area contributed by atoms with Crippen molar-refractivity contribution in [3.05, 3.63) is 69.2 Å². The molecule has 0 heterocycles. The summed E-state index contributed by atoms with van der Waals surface area (Å²) in [6, 6.07) is 12.6. The number of rotatable bonds is 5. The van der Waals surface area contributed by atoms with Gasteiger partial charge in [-0.15, -0.1) is 0 Å². The van der Waals surface area contributed by atoms with Crippen LogP contribution in [0, 0.1) is 0 Å². The van der Waals surface area contributed by atoms with Crippen LogP contribution >= 0.6 is 27.5 Å². The standard InChI is InChI=1S/C16H13BrClNO3/c17-12-5-1-10(2-6-12)9-14(16(21)22)19-15(20)11-3-7-13(18)8-4-11/h1-8,14H,9H2,(H,19,20)(H,21,22). The van der Waals surface area contributed by atoms with E-state index in [2.05, 4.69) is 21.2 Å². The number of aliphatic carboxylic acids is 1. The summed E-state index contributed by atoms with van der Waals surface area (Å²) in [6.45, 7) is 0. The molecular weight excluding hydrogens is 370 g/mol. The van der Waals surface area contributed by atoms with E-state index in [0.717, 1.165) is 10.0 Å². The number of nitrogens with one attached hydrogen (secondary N) is 1. The van der Waals surface area contributed by atoms with Gasteiger partial charge in [-0.05, 0) is 42.0 Å². The van der Waals surface area contributed by atoms with Crippen molar-refractivity contribution in [1.29, 1.82) is 0 Å². The predicted octanol–water partition coefficient (Wildman–Crippen LogP) is 3.53. The number of carbonyl (C=O) groups excluding carboxylic acids is 1. The fourth-order valence-electron chi connectivity index (χ4n) is 1.90. The molecule has 2 rings (SSSR count). The summed E-state index contributed by atoms with van der Waals surface area (Å²) in [5, 5.41) is 12.3. The molecule has 0 saturated heterocycles. The fraction of sp³-hybridized carbons (Fsp3) is 0.125. The van der Waals surface area contributed by atoms with E-state index in [9.17, 15) is 14.7 Å². The van der Waals surface area contributed by atoms with Crippen LogP contribution in [0.25, 0.3) is 0 Å². The number of amides is 1. The van der Waals surface area contributed by atoms with E-state index in [0.29, 0.717) is 10.6 Å². The predicted molar refractivity (Wildman–Crippen MR) is 88.2 cm³/mol. The lowest BCUT2D eigenvalue weighted by Crippen LogP contribution is -2.42. The average Bonchev–Trinajstić information content (AvgIpc) is 2.49. The normalized spacial score (nSPS) is 11.7. The third-order valence-corrected chi connectivity index (χ3v) is 3.84. The molecule has 0 aliphatic carbocycles. The third-order valence-electron chi connectivity index (χ3n) is 3.06. The molecule has 6 heteroatoms. The Balaban J connectivity index is 2.08. The van der Waals surface area contributed by atoms with Crippen LogP contribution in [-0.2, 0) is 11.2 Å². The first-order chi connectivity index (χ1) is 10.5. The summed E-state index contributed by atoms with van der Waals surface area (Å²) in [5.41, 5.74) is 1.19. The second kappa shape index (κ2) is 7.42. The Morgan fingerprint density at radius 1 is 1.09 bits per heavy atom. The smallest absolute Gasteiger partial charge is 0.326 e. The number of carbonyl (C=O) groups is 2. The molecule has 0 saturated carbocycles. The van der Waals surface area contributed by atoms with E-state index < -0.39 is 17.9 Å². The van der Waals surface area contributed by atoms with Gasteiger partial charge >= 0.3 is 5.97 Å². The van der Waals surface area contributed by atoms with E-state index in [1.54, 1.807) is 24.3 Å². The zero-order valence-electron chi connectivity index (χ0n) is 11.4. The molecule has 0 fully saturated rings. The van der Waals surface area contributed by atoms with E-state index >= 15 is 0 Å². The minimum Gasteiger partial charge on any atom is -0.480 e. The molecule has 22 heavy (non-hydrogen) atoms. The largest absolute Gasteiger partial charge is 0.480 e. The van der Waals surface area contributed by atoms with Gasteiger partial charge in [-0.3, -0.25) is 4.79 Å². The van der Waals surface area contributed by atoms with Crippen LogP contribution in [0.15, 0.2) is 53.0 Å². The van der Waals surface area contributed by atoms with Crippen LogP contribution in [0.1, 0.15) is 15.9 Å². The second-order valence-corrected chi connectivity index (χ2v) is 6.05. The van der Waals surface area contributed by atoms with Gasteiger partial charge < -0.3 is 10.4 Å². The molecule has 0 spiro atoms. The first-order valence-corrected chi connectivity index (χ1v) is 7.66. The summed E-state index contributed by atoms with van der Waals surface area (Å²) in [6.07, 6.45) is 0.210. The van der Waals surface area contributed by atoms with Crippen molar-refractivity contribution in [2.45, 2.75) is 12.5 Å². The van der Waals surface area contributed by atoms with Gasteiger partial charge in [-0.25, -0.2) is 4.79 Å². The molecule has 0 radical (unpaired) electrons.